The highest BCUT2D eigenvalue weighted by atomic mass is 19.1. The van der Waals surface area contributed by atoms with Crippen molar-refractivity contribution in [1.82, 2.24) is 10.2 Å². The van der Waals surface area contributed by atoms with Gasteiger partial charge in [0.05, 0.1) is 12.5 Å². The number of nitrogens with one attached hydrogen (secondary N) is 1. The number of benzene rings is 1. The Balaban J connectivity index is 1.56. The van der Waals surface area contributed by atoms with Gasteiger partial charge in [-0.05, 0) is 49.7 Å². The number of carbonyl (C=O) groups excluding carboxylic acids is 2. The molecular weight excluding hydrogens is 323 g/mol. The molecule has 1 atom stereocenters. The van der Waals surface area contributed by atoms with Gasteiger partial charge in [0.25, 0.3) is 0 Å². The molecule has 0 radical (unpaired) electrons. The molecule has 0 spiro atoms. The summed E-state index contributed by atoms with van der Waals surface area (Å²) in [7, 11) is 0. The molecule has 0 aliphatic carbocycles. The van der Waals surface area contributed by atoms with Crippen LogP contribution in [0.2, 0.25) is 0 Å². The number of rotatable bonds is 5. The van der Waals surface area contributed by atoms with Crippen molar-refractivity contribution in [3.05, 3.63) is 48.0 Å². The van der Waals surface area contributed by atoms with Crippen LogP contribution in [0, 0.1) is 11.7 Å². The summed E-state index contributed by atoms with van der Waals surface area (Å²) in [5.74, 6) is 0.836. The van der Waals surface area contributed by atoms with Crippen LogP contribution in [-0.2, 0) is 16.1 Å². The zero-order valence-corrected chi connectivity index (χ0v) is 14.1. The highest BCUT2D eigenvalue weighted by molar-refractivity contribution is 5.83. The predicted octanol–water partition coefficient (Wildman–Crippen LogP) is 2.96. The molecule has 2 heterocycles. The zero-order valence-electron chi connectivity index (χ0n) is 14.1. The number of furan rings is 1. The number of piperidine rings is 1. The van der Waals surface area contributed by atoms with Gasteiger partial charge in [-0.1, -0.05) is 0 Å². The van der Waals surface area contributed by atoms with Crippen molar-refractivity contribution in [1.29, 1.82) is 0 Å². The lowest BCUT2D eigenvalue weighted by molar-refractivity contribution is -0.138. The number of likely N-dealkylation sites (tertiary alicyclic amines) is 1. The lowest BCUT2D eigenvalue weighted by Gasteiger charge is -2.30. The van der Waals surface area contributed by atoms with Crippen LogP contribution in [0.25, 0.3) is 11.3 Å². The van der Waals surface area contributed by atoms with Gasteiger partial charge < -0.3 is 14.6 Å². The first-order valence-corrected chi connectivity index (χ1v) is 8.47. The number of nitrogens with zero attached hydrogens (tertiary/aromatic N) is 1. The fourth-order valence-electron chi connectivity index (χ4n) is 3.00. The van der Waals surface area contributed by atoms with E-state index in [0.717, 1.165) is 5.56 Å². The summed E-state index contributed by atoms with van der Waals surface area (Å²) in [6, 6.07) is 9.64. The standard InChI is InChI=1S/C19H21FN2O3/c1-2-22-12-14(5-10-18(22)23)19(24)21-11-16-8-9-17(25-16)13-3-6-15(20)7-4-13/h3-4,6-9,14H,2,5,10-12H2,1H3,(H,21,24)/t14-/m1/s1. The monoisotopic (exact) mass is 344 g/mol. The molecule has 1 aromatic carbocycles. The van der Waals surface area contributed by atoms with Gasteiger partial charge in [0.15, 0.2) is 0 Å². The minimum Gasteiger partial charge on any atom is -0.459 e. The van der Waals surface area contributed by atoms with E-state index in [-0.39, 0.29) is 30.1 Å². The molecule has 3 rings (SSSR count). The van der Waals surface area contributed by atoms with E-state index in [9.17, 15) is 14.0 Å². The van der Waals surface area contributed by atoms with Crippen LogP contribution in [0.1, 0.15) is 25.5 Å². The molecule has 6 heteroatoms. The van der Waals surface area contributed by atoms with Crippen LogP contribution in [-0.4, -0.2) is 29.8 Å². The van der Waals surface area contributed by atoms with Crippen molar-refractivity contribution < 1.29 is 18.4 Å². The molecule has 5 nitrogen and oxygen atoms in total. The minimum atomic E-state index is -0.296. The molecule has 0 unspecified atom stereocenters. The molecule has 25 heavy (non-hydrogen) atoms. The third-order valence-electron chi connectivity index (χ3n) is 4.48. The van der Waals surface area contributed by atoms with Crippen molar-refractivity contribution >= 4 is 11.8 Å². The van der Waals surface area contributed by atoms with Crippen LogP contribution >= 0.6 is 0 Å². The first kappa shape index (κ1) is 17.2. The van der Waals surface area contributed by atoms with Crippen molar-refractivity contribution in [2.24, 2.45) is 5.92 Å². The molecule has 0 saturated carbocycles. The van der Waals surface area contributed by atoms with Crippen LogP contribution in [0.4, 0.5) is 4.39 Å². The van der Waals surface area contributed by atoms with E-state index >= 15 is 0 Å². The van der Waals surface area contributed by atoms with Gasteiger partial charge in [0, 0.05) is 25.1 Å². The number of amides is 2. The Morgan fingerprint density at radius 3 is 2.76 bits per heavy atom. The smallest absolute Gasteiger partial charge is 0.225 e. The fraction of sp³-hybridized carbons (Fsp3) is 0.368. The van der Waals surface area contributed by atoms with Gasteiger partial charge in [-0.25, -0.2) is 4.39 Å². The van der Waals surface area contributed by atoms with Crippen LogP contribution in [0.5, 0.6) is 0 Å². The maximum Gasteiger partial charge on any atom is 0.225 e. The molecule has 1 aliphatic heterocycles. The average Bonchev–Trinajstić information content (AvgIpc) is 3.09. The highest BCUT2D eigenvalue weighted by Crippen LogP contribution is 2.23. The second kappa shape index (κ2) is 7.51. The quantitative estimate of drug-likeness (QED) is 0.907. The Hall–Kier alpha value is -2.63. The van der Waals surface area contributed by atoms with Crippen molar-refractivity contribution in [2.45, 2.75) is 26.3 Å². The highest BCUT2D eigenvalue weighted by Gasteiger charge is 2.29. The van der Waals surface area contributed by atoms with E-state index in [1.807, 2.05) is 6.92 Å². The molecule has 2 amide bonds. The van der Waals surface area contributed by atoms with Crippen molar-refractivity contribution in [3.8, 4) is 11.3 Å². The fourth-order valence-corrected chi connectivity index (χ4v) is 3.00. The molecule has 132 valence electrons. The van der Waals surface area contributed by atoms with E-state index in [1.165, 1.54) is 12.1 Å². The molecule has 1 aromatic heterocycles. The molecule has 1 fully saturated rings. The van der Waals surface area contributed by atoms with Gasteiger partial charge in [-0.3, -0.25) is 9.59 Å². The molecule has 1 saturated heterocycles. The molecular formula is C19H21FN2O3. The van der Waals surface area contributed by atoms with Crippen molar-refractivity contribution in [3.63, 3.8) is 0 Å². The molecule has 1 aliphatic rings. The van der Waals surface area contributed by atoms with Gasteiger partial charge >= 0.3 is 0 Å². The van der Waals surface area contributed by atoms with Crippen LogP contribution in [0.15, 0.2) is 40.8 Å². The zero-order chi connectivity index (χ0) is 17.8. The number of hydrogen-bond donors (Lipinski definition) is 1. The Bertz CT molecular complexity index is 754. The van der Waals surface area contributed by atoms with E-state index in [1.54, 1.807) is 29.2 Å². The summed E-state index contributed by atoms with van der Waals surface area (Å²) < 4.78 is 18.7. The lowest BCUT2D eigenvalue weighted by atomic mass is 9.96. The maximum absolute atomic E-state index is 13.0. The van der Waals surface area contributed by atoms with E-state index < -0.39 is 0 Å². The second-order valence-corrected chi connectivity index (χ2v) is 6.16. The van der Waals surface area contributed by atoms with Crippen LogP contribution in [0.3, 0.4) is 0 Å². The lowest BCUT2D eigenvalue weighted by Crippen LogP contribution is -2.45. The van der Waals surface area contributed by atoms with Gasteiger partial charge in [-0.2, -0.15) is 0 Å². The minimum absolute atomic E-state index is 0.0642. The number of halogens is 1. The average molecular weight is 344 g/mol. The summed E-state index contributed by atoms with van der Waals surface area (Å²) in [6.07, 6.45) is 1.00. The third kappa shape index (κ3) is 4.07. The second-order valence-electron chi connectivity index (χ2n) is 6.16. The maximum atomic E-state index is 13.0. The summed E-state index contributed by atoms with van der Waals surface area (Å²) in [5, 5.41) is 2.87. The van der Waals surface area contributed by atoms with Gasteiger partial charge in [-0.15, -0.1) is 0 Å². The first-order valence-electron chi connectivity index (χ1n) is 8.47. The van der Waals surface area contributed by atoms with Gasteiger partial charge in [0.1, 0.15) is 17.3 Å². The third-order valence-corrected chi connectivity index (χ3v) is 4.48. The Kier molecular flexibility index (Phi) is 5.16. The summed E-state index contributed by atoms with van der Waals surface area (Å²) in [5.41, 5.74) is 0.781. The molecule has 1 N–H and O–H groups in total. The van der Waals surface area contributed by atoms with Gasteiger partial charge in [0.2, 0.25) is 11.8 Å². The summed E-state index contributed by atoms with van der Waals surface area (Å²) >= 11 is 0. The Morgan fingerprint density at radius 1 is 1.28 bits per heavy atom. The Labute approximate surface area is 145 Å². The Morgan fingerprint density at radius 2 is 2.04 bits per heavy atom. The topological polar surface area (TPSA) is 62.6 Å². The van der Waals surface area contributed by atoms with Crippen molar-refractivity contribution in [2.75, 3.05) is 13.1 Å². The largest absolute Gasteiger partial charge is 0.459 e. The van der Waals surface area contributed by atoms with E-state index in [2.05, 4.69) is 5.32 Å². The van der Waals surface area contributed by atoms with Crippen LogP contribution < -0.4 is 5.32 Å². The molecule has 0 bridgehead atoms. The normalized spacial score (nSPS) is 17.6. The number of hydrogen-bond acceptors (Lipinski definition) is 3. The van der Waals surface area contributed by atoms with E-state index in [4.69, 9.17) is 4.42 Å². The first-order chi connectivity index (χ1) is 12.1. The summed E-state index contributed by atoms with van der Waals surface area (Å²) in [6.45, 7) is 3.30. The number of carbonyl (C=O) groups is 2. The SMILES string of the molecule is CCN1C[C@H](C(=O)NCc2ccc(-c3ccc(F)cc3)o2)CCC1=O. The predicted molar refractivity (Wildman–Crippen MR) is 90.9 cm³/mol. The summed E-state index contributed by atoms with van der Waals surface area (Å²) in [4.78, 5) is 25.7. The molecule has 2 aromatic rings. The van der Waals surface area contributed by atoms with E-state index in [0.29, 0.717) is 37.5 Å².